The molecular formula is C27H32N4O2. The normalized spacial score (nSPS) is 17.9. The van der Waals surface area contributed by atoms with E-state index in [9.17, 15) is 9.90 Å². The second kappa shape index (κ2) is 9.89. The Kier molecular flexibility index (Phi) is 6.55. The van der Waals surface area contributed by atoms with Gasteiger partial charge in [0.1, 0.15) is 11.5 Å². The molecule has 6 nitrogen and oxygen atoms in total. The molecule has 0 bridgehead atoms. The van der Waals surface area contributed by atoms with Crippen LogP contribution in [-0.4, -0.2) is 63.1 Å². The lowest BCUT2D eigenvalue weighted by atomic mass is 10.1. The Hall–Kier alpha value is -2.96. The van der Waals surface area contributed by atoms with Gasteiger partial charge >= 0.3 is 0 Å². The van der Waals surface area contributed by atoms with Crippen LogP contribution >= 0.6 is 0 Å². The number of fused-ring (bicyclic) bond motifs is 1. The maximum absolute atomic E-state index is 13.6. The van der Waals surface area contributed by atoms with E-state index in [0.29, 0.717) is 25.3 Å². The number of hydrogen-bond donors (Lipinski definition) is 1. The third-order valence-corrected chi connectivity index (χ3v) is 6.88. The molecule has 1 N–H and O–H groups in total. The van der Waals surface area contributed by atoms with Crippen LogP contribution in [0.3, 0.4) is 0 Å². The molecule has 6 heteroatoms. The highest BCUT2D eigenvalue weighted by atomic mass is 16.3. The quantitative estimate of drug-likeness (QED) is 0.651. The van der Waals surface area contributed by atoms with E-state index < -0.39 is 6.10 Å². The summed E-state index contributed by atoms with van der Waals surface area (Å²) in [6.45, 7) is 4.35. The van der Waals surface area contributed by atoms with Gasteiger partial charge in [-0.2, -0.15) is 0 Å². The largest absolute Gasteiger partial charge is 0.387 e. The van der Waals surface area contributed by atoms with Crippen molar-refractivity contribution in [3.05, 3.63) is 77.6 Å². The van der Waals surface area contributed by atoms with Gasteiger partial charge in [-0.3, -0.25) is 9.69 Å². The minimum absolute atomic E-state index is 0.0473. The Labute approximate surface area is 195 Å². The van der Waals surface area contributed by atoms with Crippen molar-refractivity contribution in [2.75, 3.05) is 32.7 Å². The summed E-state index contributed by atoms with van der Waals surface area (Å²) in [5.74, 6) is 0.964. The predicted molar refractivity (Wildman–Crippen MR) is 129 cm³/mol. The maximum atomic E-state index is 13.6. The van der Waals surface area contributed by atoms with Crippen molar-refractivity contribution in [1.29, 1.82) is 0 Å². The van der Waals surface area contributed by atoms with Crippen LogP contribution in [0.1, 0.15) is 47.1 Å². The van der Waals surface area contributed by atoms with E-state index in [-0.39, 0.29) is 5.91 Å². The van der Waals surface area contributed by atoms with Crippen LogP contribution < -0.4 is 0 Å². The van der Waals surface area contributed by atoms with Crippen molar-refractivity contribution >= 4 is 5.91 Å². The lowest BCUT2D eigenvalue weighted by Crippen LogP contribution is -2.49. The summed E-state index contributed by atoms with van der Waals surface area (Å²) in [7, 11) is 0. The first kappa shape index (κ1) is 21.9. The van der Waals surface area contributed by atoms with Gasteiger partial charge < -0.3 is 14.6 Å². The molecule has 0 aliphatic carbocycles. The summed E-state index contributed by atoms with van der Waals surface area (Å²) in [5, 5.41) is 10.6. The van der Waals surface area contributed by atoms with Crippen molar-refractivity contribution < 1.29 is 9.90 Å². The van der Waals surface area contributed by atoms with Crippen molar-refractivity contribution in [1.82, 2.24) is 19.4 Å². The number of aromatic nitrogens is 2. The third kappa shape index (κ3) is 4.72. The average molecular weight is 445 g/mol. The van der Waals surface area contributed by atoms with Crippen LogP contribution in [0, 0.1) is 0 Å². The molecule has 172 valence electrons. The summed E-state index contributed by atoms with van der Waals surface area (Å²) in [6.07, 6.45) is 3.81. The predicted octanol–water partition coefficient (Wildman–Crippen LogP) is 3.77. The zero-order chi connectivity index (χ0) is 22.6. The molecule has 33 heavy (non-hydrogen) atoms. The van der Waals surface area contributed by atoms with E-state index in [1.165, 1.54) is 6.42 Å². The fourth-order valence-electron chi connectivity index (χ4n) is 5.01. The molecule has 0 radical (unpaired) electrons. The number of carbonyl (C=O) groups is 1. The number of rotatable bonds is 5. The zero-order valence-electron chi connectivity index (χ0n) is 19.1. The SMILES string of the molecule is O=C(c1nc(-c2ccccc2)n2c1CCCCC2)N1CCN(CC(O)c2ccccc2)CC1. The minimum atomic E-state index is -0.509. The van der Waals surface area contributed by atoms with Crippen LogP contribution in [0.4, 0.5) is 0 Å². The van der Waals surface area contributed by atoms with Crippen molar-refractivity contribution in [2.45, 2.75) is 38.3 Å². The number of piperazine rings is 1. The van der Waals surface area contributed by atoms with E-state index >= 15 is 0 Å². The molecule has 2 aliphatic rings. The van der Waals surface area contributed by atoms with Crippen molar-refractivity contribution in [3.8, 4) is 11.4 Å². The summed E-state index contributed by atoms with van der Waals surface area (Å²) in [6, 6.07) is 20.0. The first-order chi connectivity index (χ1) is 16.2. The molecule has 5 rings (SSSR count). The standard InChI is InChI=1S/C27H32N4O2/c32-24(21-10-4-1-5-11-21)20-29-16-18-30(19-17-29)27(33)25-23-14-8-3-9-15-31(23)26(28-25)22-12-6-2-7-13-22/h1-2,4-7,10-13,24,32H,3,8-9,14-20H2. The number of benzene rings is 2. The maximum Gasteiger partial charge on any atom is 0.274 e. The lowest BCUT2D eigenvalue weighted by molar-refractivity contribution is 0.0522. The highest BCUT2D eigenvalue weighted by Crippen LogP contribution is 2.28. The number of aliphatic hydroxyl groups is 1. The van der Waals surface area contributed by atoms with E-state index in [4.69, 9.17) is 4.98 Å². The molecule has 2 aromatic carbocycles. The number of hydrogen-bond acceptors (Lipinski definition) is 4. The van der Waals surface area contributed by atoms with Gasteiger partial charge in [0.2, 0.25) is 0 Å². The molecule has 3 heterocycles. The zero-order valence-corrected chi connectivity index (χ0v) is 19.1. The van der Waals surface area contributed by atoms with E-state index in [0.717, 1.165) is 61.5 Å². The van der Waals surface area contributed by atoms with Crippen molar-refractivity contribution in [2.24, 2.45) is 0 Å². The van der Waals surface area contributed by atoms with E-state index in [1.807, 2.05) is 53.4 Å². The van der Waals surface area contributed by atoms with Crippen LogP contribution in [0.15, 0.2) is 60.7 Å². The van der Waals surface area contributed by atoms with Gasteiger partial charge in [0.05, 0.1) is 11.8 Å². The van der Waals surface area contributed by atoms with Gasteiger partial charge in [0.25, 0.3) is 5.91 Å². The van der Waals surface area contributed by atoms with Gasteiger partial charge in [-0.05, 0) is 24.8 Å². The monoisotopic (exact) mass is 444 g/mol. The van der Waals surface area contributed by atoms with Gasteiger partial charge in [0, 0.05) is 44.8 Å². The molecule has 1 fully saturated rings. The van der Waals surface area contributed by atoms with Gasteiger partial charge in [0.15, 0.2) is 0 Å². The number of β-amino-alcohol motifs (C(OH)–C–C–N with tert-alkyl or cyclic N) is 1. The molecule has 1 atom stereocenters. The Balaban J connectivity index is 1.30. The third-order valence-electron chi connectivity index (χ3n) is 6.88. The number of imidazole rings is 1. The number of amides is 1. The second-order valence-corrected chi connectivity index (χ2v) is 9.08. The van der Waals surface area contributed by atoms with Crippen LogP contribution in [0.25, 0.3) is 11.4 Å². The number of aliphatic hydroxyl groups excluding tert-OH is 1. The lowest BCUT2D eigenvalue weighted by Gasteiger charge is -2.35. The summed E-state index contributed by atoms with van der Waals surface area (Å²) < 4.78 is 2.28. The Morgan fingerprint density at radius 1 is 0.879 bits per heavy atom. The second-order valence-electron chi connectivity index (χ2n) is 9.08. The highest BCUT2D eigenvalue weighted by Gasteiger charge is 2.30. The topological polar surface area (TPSA) is 61.6 Å². The molecular weight excluding hydrogens is 412 g/mol. The molecule has 1 amide bonds. The van der Waals surface area contributed by atoms with Crippen molar-refractivity contribution in [3.63, 3.8) is 0 Å². The average Bonchev–Trinajstić information content (AvgIpc) is 3.05. The van der Waals surface area contributed by atoms with E-state index in [1.54, 1.807) is 0 Å². The molecule has 3 aromatic rings. The first-order valence-electron chi connectivity index (χ1n) is 12.1. The molecule has 1 saturated heterocycles. The van der Waals surface area contributed by atoms with Gasteiger partial charge in [-0.15, -0.1) is 0 Å². The summed E-state index contributed by atoms with van der Waals surface area (Å²) in [5.41, 5.74) is 3.73. The fraction of sp³-hybridized carbons (Fsp3) is 0.407. The van der Waals surface area contributed by atoms with Crippen LogP contribution in [-0.2, 0) is 13.0 Å². The van der Waals surface area contributed by atoms with Crippen LogP contribution in [0.2, 0.25) is 0 Å². The molecule has 2 aliphatic heterocycles. The Morgan fingerprint density at radius 3 is 2.30 bits per heavy atom. The molecule has 0 saturated carbocycles. The molecule has 1 unspecified atom stereocenters. The minimum Gasteiger partial charge on any atom is -0.387 e. The smallest absolute Gasteiger partial charge is 0.274 e. The fourth-order valence-corrected chi connectivity index (χ4v) is 5.01. The summed E-state index contributed by atoms with van der Waals surface area (Å²) in [4.78, 5) is 22.6. The number of nitrogens with zero attached hydrogens (tertiary/aromatic N) is 4. The Morgan fingerprint density at radius 2 is 1.58 bits per heavy atom. The highest BCUT2D eigenvalue weighted by molar-refractivity contribution is 5.94. The van der Waals surface area contributed by atoms with Gasteiger partial charge in [-0.25, -0.2) is 4.98 Å². The molecule has 0 spiro atoms. The van der Waals surface area contributed by atoms with Gasteiger partial charge in [-0.1, -0.05) is 67.1 Å². The summed E-state index contributed by atoms with van der Waals surface area (Å²) >= 11 is 0. The Bertz CT molecular complexity index is 1070. The van der Waals surface area contributed by atoms with E-state index in [2.05, 4.69) is 21.6 Å². The van der Waals surface area contributed by atoms with Crippen LogP contribution in [0.5, 0.6) is 0 Å². The number of carbonyl (C=O) groups excluding carboxylic acids is 1. The molecule has 1 aromatic heterocycles. The first-order valence-corrected chi connectivity index (χ1v) is 12.1.